The molecule has 1 aromatic carbocycles. The van der Waals surface area contributed by atoms with Gasteiger partial charge >= 0.3 is 0 Å². The number of amides is 2. The molecular formula is C17H20N2O4S. The molecule has 2 fully saturated rings. The van der Waals surface area contributed by atoms with E-state index in [0.717, 1.165) is 43.3 Å². The predicted octanol–water partition coefficient (Wildman–Crippen LogP) is 2.79. The zero-order valence-electron chi connectivity index (χ0n) is 13.8. The van der Waals surface area contributed by atoms with Crippen LogP contribution in [0.1, 0.15) is 18.4 Å². The van der Waals surface area contributed by atoms with Crippen LogP contribution in [-0.2, 0) is 4.79 Å². The molecule has 0 radical (unpaired) electrons. The maximum absolute atomic E-state index is 12.5. The van der Waals surface area contributed by atoms with Gasteiger partial charge in [-0.05, 0) is 61.5 Å². The van der Waals surface area contributed by atoms with Crippen LogP contribution in [0.2, 0.25) is 0 Å². The molecule has 0 bridgehead atoms. The zero-order chi connectivity index (χ0) is 17.1. The van der Waals surface area contributed by atoms with E-state index < -0.39 is 0 Å². The molecule has 2 aliphatic heterocycles. The average molecular weight is 348 g/mol. The van der Waals surface area contributed by atoms with E-state index in [1.807, 2.05) is 6.07 Å². The summed E-state index contributed by atoms with van der Waals surface area (Å²) in [5.74, 6) is 0.978. The maximum Gasteiger partial charge on any atom is 0.294 e. The molecule has 0 aromatic heterocycles. The Morgan fingerprint density at radius 3 is 2.50 bits per heavy atom. The minimum atomic E-state index is -0.230. The number of likely N-dealkylation sites (tertiary alicyclic amines) is 1. The number of ether oxygens (including phenoxy) is 2. The third-order valence-electron chi connectivity index (χ3n) is 4.12. The van der Waals surface area contributed by atoms with Gasteiger partial charge in [-0.3, -0.25) is 19.4 Å². The molecule has 0 aliphatic carbocycles. The Morgan fingerprint density at radius 2 is 1.83 bits per heavy atom. The molecule has 24 heavy (non-hydrogen) atoms. The standard InChI is InChI=1S/C17H20N2O4S/c1-22-13-6-5-12(9-14(13)23-2)10-15-16(20)19(17(21)24-15)11-18-7-3-4-8-18/h5-6,9-10H,3-4,7-8,11H2,1-2H3/b15-10-. The highest BCUT2D eigenvalue weighted by Crippen LogP contribution is 2.34. The number of hydrogen-bond acceptors (Lipinski definition) is 6. The van der Waals surface area contributed by atoms with Crippen molar-refractivity contribution in [3.63, 3.8) is 0 Å². The van der Waals surface area contributed by atoms with Crippen molar-refractivity contribution in [1.82, 2.24) is 9.80 Å². The van der Waals surface area contributed by atoms with Gasteiger partial charge in [-0.25, -0.2) is 0 Å². The molecule has 1 aromatic rings. The number of rotatable bonds is 5. The van der Waals surface area contributed by atoms with Crippen molar-refractivity contribution in [3.8, 4) is 11.5 Å². The van der Waals surface area contributed by atoms with Crippen molar-refractivity contribution in [2.45, 2.75) is 12.8 Å². The highest BCUT2D eigenvalue weighted by atomic mass is 32.2. The van der Waals surface area contributed by atoms with Crippen LogP contribution in [0.3, 0.4) is 0 Å². The molecule has 0 atom stereocenters. The van der Waals surface area contributed by atoms with Gasteiger partial charge in [0.2, 0.25) is 0 Å². The lowest BCUT2D eigenvalue weighted by Gasteiger charge is -2.20. The summed E-state index contributed by atoms with van der Waals surface area (Å²) < 4.78 is 10.5. The molecule has 2 saturated heterocycles. The molecule has 128 valence electrons. The lowest BCUT2D eigenvalue weighted by Crippen LogP contribution is -2.38. The highest BCUT2D eigenvalue weighted by Gasteiger charge is 2.36. The molecule has 0 spiro atoms. The minimum absolute atomic E-state index is 0.210. The van der Waals surface area contributed by atoms with Gasteiger partial charge in [-0.15, -0.1) is 0 Å². The molecule has 0 N–H and O–H groups in total. The van der Waals surface area contributed by atoms with Crippen molar-refractivity contribution in [2.75, 3.05) is 34.0 Å². The Kier molecular flexibility index (Phi) is 5.11. The fraction of sp³-hybridized carbons (Fsp3) is 0.412. The van der Waals surface area contributed by atoms with E-state index in [2.05, 4.69) is 4.90 Å². The van der Waals surface area contributed by atoms with Gasteiger partial charge in [0.25, 0.3) is 11.1 Å². The first kappa shape index (κ1) is 16.9. The van der Waals surface area contributed by atoms with Gasteiger partial charge in [0.15, 0.2) is 11.5 Å². The molecule has 0 saturated carbocycles. The number of methoxy groups -OCH3 is 2. The van der Waals surface area contributed by atoms with Crippen LogP contribution < -0.4 is 9.47 Å². The fourth-order valence-electron chi connectivity index (χ4n) is 2.84. The summed E-state index contributed by atoms with van der Waals surface area (Å²) in [4.78, 5) is 28.6. The third-order valence-corrected chi connectivity index (χ3v) is 5.03. The van der Waals surface area contributed by atoms with Crippen molar-refractivity contribution in [3.05, 3.63) is 28.7 Å². The largest absolute Gasteiger partial charge is 0.493 e. The maximum atomic E-state index is 12.5. The monoisotopic (exact) mass is 348 g/mol. The molecular weight excluding hydrogens is 328 g/mol. The van der Waals surface area contributed by atoms with E-state index in [-0.39, 0.29) is 11.1 Å². The van der Waals surface area contributed by atoms with Crippen LogP contribution in [0, 0.1) is 0 Å². The predicted molar refractivity (Wildman–Crippen MR) is 93.0 cm³/mol. The summed E-state index contributed by atoms with van der Waals surface area (Å²) in [6.07, 6.45) is 3.96. The summed E-state index contributed by atoms with van der Waals surface area (Å²) in [5, 5.41) is -0.210. The zero-order valence-corrected chi connectivity index (χ0v) is 14.6. The molecule has 0 unspecified atom stereocenters. The number of thioether (sulfide) groups is 1. The van der Waals surface area contributed by atoms with E-state index >= 15 is 0 Å². The van der Waals surface area contributed by atoms with E-state index in [0.29, 0.717) is 23.1 Å². The van der Waals surface area contributed by atoms with Crippen LogP contribution in [0.5, 0.6) is 11.5 Å². The van der Waals surface area contributed by atoms with Crippen LogP contribution in [0.15, 0.2) is 23.1 Å². The Morgan fingerprint density at radius 1 is 1.12 bits per heavy atom. The second-order valence-corrected chi connectivity index (χ2v) is 6.68. The Bertz CT molecular complexity index is 683. The summed E-state index contributed by atoms with van der Waals surface area (Å²) in [7, 11) is 3.13. The van der Waals surface area contributed by atoms with Gasteiger partial charge in [0, 0.05) is 0 Å². The summed E-state index contributed by atoms with van der Waals surface area (Å²) in [6, 6.07) is 5.39. The SMILES string of the molecule is COc1ccc(/C=C2\SC(=O)N(CN3CCCC3)C2=O)cc1OC. The summed E-state index contributed by atoms with van der Waals surface area (Å²) in [6.45, 7) is 2.26. The van der Waals surface area contributed by atoms with Crippen LogP contribution in [0.4, 0.5) is 4.79 Å². The molecule has 2 amide bonds. The second kappa shape index (κ2) is 7.27. The molecule has 3 rings (SSSR count). The summed E-state index contributed by atoms with van der Waals surface area (Å²) >= 11 is 0.983. The topological polar surface area (TPSA) is 59.1 Å². The van der Waals surface area contributed by atoms with E-state index in [1.54, 1.807) is 32.4 Å². The molecule has 2 heterocycles. The van der Waals surface area contributed by atoms with E-state index in [9.17, 15) is 9.59 Å². The number of benzene rings is 1. The van der Waals surface area contributed by atoms with E-state index in [4.69, 9.17) is 9.47 Å². The van der Waals surface area contributed by atoms with E-state index in [1.165, 1.54) is 4.90 Å². The normalized spacial score (nSPS) is 20.2. The van der Waals surface area contributed by atoms with Crippen LogP contribution >= 0.6 is 11.8 Å². The van der Waals surface area contributed by atoms with Gasteiger partial charge in [-0.2, -0.15) is 0 Å². The smallest absolute Gasteiger partial charge is 0.294 e. The lowest BCUT2D eigenvalue weighted by molar-refractivity contribution is -0.124. The number of hydrogen-bond donors (Lipinski definition) is 0. The fourth-order valence-corrected chi connectivity index (χ4v) is 3.67. The Labute approximate surface area is 145 Å². The van der Waals surface area contributed by atoms with Crippen LogP contribution in [-0.4, -0.2) is 54.9 Å². The third kappa shape index (κ3) is 3.42. The van der Waals surface area contributed by atoms with Gasteiger partial charge in [0.05, 0.1) is 25.8 Å². The average Bonchev–Trinajstić information content (AvgIpc) is 3.19. The quantitative estimate of drug-likeness (QED) is 0.763. The lowest BCUT2D eigenvalue weighted by atomic mass is 10.2. The summed E-state index contributed by atoms with van der Waals surface area (Å²) in [5.41, 5.74) is 0.791. The van der Waals surface area contributed by atoms with Gasteiger partial charge in [0.1, 0.15) is 0 Å². The minimum Gasteiger partial charge on any atom is -0.493 e. The number of imide groups is 1. The van der Waals surface area contributed by atoms with Gasteiger partial charge in [-0.1, -0.05) is 6.07 Å². The number of carbonyl (C=O) groups is 2. The van der Waals surface area contributed by atoms with Crippen molar-refractivity contribution in [2.24, 2.45) is 0 Å². The molecule has 6 nitrogen and oxygen atoms in total. The van der Waals surface area contributed by atoms with Crippen LogP contribution in [0.25, 0.3) is 6.08 Å². The van der Waals surface area contributed by atoms with Crippen molar-refractivity contribution in [1.29, 1.82) is 0 Å². The first-order valence-corrected chi connectivity index (χ1v) is 8.64. The first-order chi connectivity index (χ1) is 11.6. The molecule has 7 heteroatoms. The van der Waals surface area contributed by atoms with Crippen molar-refractivity contribution < 1.29 is 19.1 Å². The highest BCUT2D eigenvalue weighted by molar-refractivity contribution is 8.18. The number of carbonyl (C=O) groups excluding carboxylic acids is 2. The Balaban J connectivity index is 1.78. The Hall–Kier alpha value is -1.99. The molecule has 2 aliphatic rings. The first-order valence-electron chi connectivity index (χ1n) is 7.82. The van der Waals surface area contributed by atoms with Gasteiger partial charge < -0.3 is 9.47 Å². The number of nitrogens with zero attached hydrogens (tertiary/aromatic N) is 2. The second-order valence-electron chi connectivity index (χ2n) is 5.69. The van der Waals surface area contributed by atoms with Crippen molar-refractivity contribution >= 4 is 29.0 Å².